The van der Waals surface area contributed by atoms with Gasteiger partial charge in [0.25, 0.3) is 0 Å². The summed E-state index contributed by atoms with van der Waals surface area (Å²) in [6.45, 7) is 0.00485. The van der Waals surface area contributed by atoms with E-state index in [0.717, 1.165) is 0 Å². The lowest BCUT2D eigenvalue weighted by Gasteiger charge is -2.24. The number of hydrogen-bond acceptors (Lipinski definition) is 8. The first-order chi connectivity index (χ1) is 16.6. The van der Waals surface area contributed by atoms with Crippen LogP contribution in [-0.2, 0) is 25.6 Å². The molecule has 196 valence electrons. The number of imidazole rings is 1. The first kappa shape index (κ1) is 29.3. The molecule has 0 saturated carbocycles. The first-order valence-corrected chi connectivity index (χ1v) is 11.2. The van der Waals surface area contributed by atoms with Crippen LogP contribution in [0.25, 0.3) is 0 Å². The van der Waals surface area contributed by atoms with Gasteiger partial charge in [-0.1, -0.05) is 0 Å². The highest BCUT2D eigenvalue weighted by Crippen LogP contribution is 2.06. The van der Waals surface area contributed by atoms with Gasteiger partial charge in [-0.2, -0.15) is 0 Å². The van der Waals surface area contributed by atoms with Crippen LogP contribution in [0.3, 0.4) is 0 Å². The fourth-order valence-electron chi connectivity index (χ4n) is 3.10. The quantitative estimate of drug-likeness (QED) is 0.0586. The number of hydrogen-bond donors (Lipinski definition) is 9. The van der Waals surface area contributed by atoms with E-state index in [9.17, 15) is 19.2 Å². The van der Waals surface area contributed by atoms with Gasteiger partial charge in [0.1, 0.15) is 18.6 Å². The van der Waals surface area contributed by atoms with E-state index >= 15 is 0 Å². The van der Waals surface area contributed by atoms with Gasteiger partial charge >= 0.3 is 5.97 Å². The lowest BCUT2D eigenvalue weighted by molar-refractivity contribution is -0.138. The Morgan fingerprint density at radius 1 is 1.03 bits per heavy atom. The standard InChI is InChI=1S/C20H36N10O5/c21-6-2-1-4-15(29-17(33)13(22)8-12-9-25-11-28-12)19(35)30-14(5-3-7-26-20(23)24)18(34)27-10-16(31)32/h9,11,13-15H,1-8,10,21-22H2,(H,25,28)(H,27,34)(H,29,33)(H,30,35)(H,31,32)(H4,23,24,26). The van der Waals surface area contributed by atoms with Crippen LogP contribution < -0.4 is 38.9 Å². The lowest BCUT2D eigenvalue weighted by atomic mass is 10.0. The second-order valence-corrected chi connectivity index (χ2v) is 7.85. The maximum Gasteiger partial charge on any atom is 0.322 e. The van der Waals surface area contributed by atoms with Crippen molar-refractivity contribution >= 4 is 29.7 Å². The van der Waals surface area contributed by atoms with E-state index in [-0.39, 0.29) is 31.8 Å². The summed E-state index contributed by atoms with van der Waals surface area (Å²) < 4.78 is 0. The van der Waals surface area contributed by atoms with E-state index < -0.39 is 48.4 Å². The van der Waals surface area contributed by atoms with Crippen molar-refractivity contribution < 1.29 is 24.3 Å². The monoisotopic (exact) mass is 496 g/mol. The Morgan fingerprint density at radius 2 is 1.69 bits per heavy atom. The molecule has 0 aliphatic rings. The predicted octanol–water partition coefficient (Wildman–Crippen LogP) is -3.37. The molecular formula is C20H36N10O5. The predicted molar refractivity (Wildman–Crippen MR) is 128 cm³/mol. The molecular weight excluding hydrogens is 460 g/mol. The van der Waals surface area contributed by atoms with E-state index in [1.54, 1.807) is 6.20 Å². The molecule has 0 radical (unpaired) electrons. The number of carboxylic acid groups (broad SMARTS) is 1. The zero-order valence-corrected chi connectivity index (χ0v) is 19.5. The normalized spacial score (nSPS) is 13.2. The van der Waals surface area contributed by atoms with Crippen molar-refractivity contribution in [2.24, 2.45) is 27.9 Å². The van der Waals surface area contributed by atoms with Crippen molar-refractivity contribution in [2.75, 3.05) is 19.6 Å². The average Bonchev–Trinajstić information content (AvgIpc) is 3.31. The third-order valence-corrected chi connectivity index (χ3v) is 4.90. The van der Waals surface area contributed by atoms with Gasteiger partial charge in [0.15, 0.2) is 5.96 Å². The molecule has 3 atom stereocenters. The summed E-state index contributed by atoms with van der Waals surface area (Å²) in [5, 5.41) is 16.3. The molecule has 15 nitrogen and oxygen atoms in total. The van der Waals surface area contributed by atoms with E-state index in [2.05, 4.69) is 30.9 Å². The fraction of sp³-hybridized carbons (Fsp3) is 0.600. The summed E-state index contributed by atoms with van der Waals surface area (Å²) in [6.07, 6.45) is 5.11. The van der Waals surface area contributed by atoms with Crippen molar-refractivity contribution in [3.8, 4) is 0 Å². The van der Waals surface area contributed by atoms with Crippen molar-refractivity contribution in [3.05, 3.63) is 18.2 Å². The number of guanidine groups is 1. The number of nitrogens with one attached hydrogen (secondary N) is 4. The number of carbonyl (C=O) groups excluding carboxylic acids is 3. The molecule has 3 amide bonds. The van der Waals surface area contributed by atoms with Crippen LogP contribution in [0.15, 0.2) is 17.5 Å². The van der Waals surface area contributed by atoms with Crippen LogP contribution in [-0.4, -0.2) is 82.5 Å². The molecule has 0 fully saturated rings. The SMILES string of the molecule is NCCCCC(NC(=O)C(N)Cc1cnc[nH]1)C(=O)NC(CCCN=C(N)N)C(=O)NCC(=O)O. The molecule has 3 unspecified atom stereocenters. The maximum absolute atomic E-state index is 13.0. The highest BCUT2D eigenvalue weighted by molar-refractivity contribution is 5.93. The number of nitrogens with zero attached hydrogens (tertiary/aromatic N) is 2. The van der Waals surface area contributed by atoms with Crippen LogP contribution in [0.1, 0.15) is 37.8 Å². The third-order valence-electron chi connectivity index (χ3n) is 4.90. The van der Waals surface area contributed by atoms with Crippen molar-refractivity contribution in [1.29, 1.82) is 0 Å². The lowest BCUT2D eigenvalue weighted by Crippen LogP contribution is -2.56. The molecule has 0 spiro atoms. The van der Waals surface area contributed by atoms with Crippen LogP contribution in [0.5, 0.6) is 0 Å². The molecule has 0 bridgehead atoms. The minimum absolute atomic E-state index is 0.116. The van der Waals surface area contributed by atoms with E-state index in [4.69, 9.17) is 28.0 Å². The minimum atomic E-state index is -1.23. The van der Waals surface area contributed by atoms with Gasteiger partial charge in [0.05, 0.1) is 12.4 Å². The number of H-pyrrole nitrogens is 1. The molecule has 0 aliphatic carbocycles. The summed E-state index contributed by atoms with van der Waals surface area (Å²) in [4.78, 5) is 59.5. The number of nitrogens with two attached hydrogens (primary N) is 4. The highest BCUT2D eigenvalue weighted by Gasteiger charge is 2.28. The second kappa shape index (κ2) is 16.0. The van der Waals surface area contributed by atoms with E-state index in [0.29, 0.717) is 31.5 Å². The number of aliphatic imine (C=N–C) groups is 1. The summed E-state index contributed by atoms with van der Waals surface area (Å²) in [7, 11) is 0. The summed E-state index contributed by atoms with van der Waals surface area (Å²) in [5.74, 6) is -3.20. The molecule has 0 aromatic carbocycles. The first-order valence-electron chi connectivity index (χ1n) is 11.2. The summed E-state index contributed by atoms with van der Waals surface area (Å²) >= 11 is 0. The molecule has 1 aromatic heterocycles. The maximum atomic E-state index is 13.0. The minimum Gasteiger partial charge on any atom is -0.480 e. The Bertz CT molecular complexity index is 841. The fourth-order valence-corrected chi connectivity index (χ4v) is 3.10. The Kier molecular flexibility index (Phi) is 13.4. The topological polar surface area (TPSA) is 270 Å². The Hall–Kier alpha value is -3.72. The highest BCUT2D eigenvalue weighted by atomic mass is 16.4. The molecule has 1 rings (SSSR count). The van der Waals surface area contributed by atoms with Crippen LogP contribution >= 0.6 is 0 Å². The second-order valence-electron chi connectivity index (χ2n) is 7.85. The molecule has 0 saturated heterocycles. The number of aromatic amines is 1. The zero-order valence-electron chi connectivity index (χ0n) is 19.5. The van der Waals surface area contributed by atoms with E-state index in [1.807, 2.05) is 0 Å². The van der Waals surface area contributed by atoms with E-state index in [1.165, 1.54) is 6.33 Å². The number of aliphatic carboxylic acids is 1. The summed E-state index contributed by atoms with van der Waals surface area (Å²) in [6, 6.07) is -2.98. The zero-order chi connectivity index (χ0) is 26.2. The van der Waals surface area contributed by atoms with Crippen LogP contribution in [0, 0.1) is 0 Å². The molecule has 15 heteroatoms. The van der Waals surface area contributed by atoms with Gasteiger partial charge in [-0.25, -0.2) is 4.98 Å². The molecule has 1 heterocycles. The van der Waals surface area contributed by atoms with Crippen molar-refractivity contribution in [2.45, 2.75) is 56.7 Å². The molecule has 13 N–H and O–H groups in total. The number of rotatable bonds is 17. The van der Waals surface area contributed by atoms with Gasteiger partial charge in [0, 0.05) is 24.9 Å². The Balaban J connectivity index is 2.87. The van der Waals surface area contributed by atoms with Crippen molar-refractivity contribution in [1.82, 2.24) is 25.9 Å². The van der Waals surface area contributed by atoms with Crippen LogP contribution in [0.2, 0.25) is 0 Å². The van der Waals surface area contributed by atoms with Gasteiger partial charge in [-0.05, 0) is 38.6 Å². The third kappa shape index (κ3) is 12.4. The molecule has 0 aliphatic heterocycles. The number of carboxylic acids is 1. The molecule has 1 aromatic rings. The Labute approximate surface area is 202 Å². The van der Waals surface area contributed by atoms with Crippen LogP contribution in [0.4, 0.5) is 0 Å². The number of unbranched alkanes of at least 4 members (excludes halogenated alkanes) is 1. The number of aromatic nitrogens is 2. The smallest absolute Gasteiger partial charge is 0.322 e. The van der Waals surface area contributed by atoms with Gasteiger partial charge in [-0.15, -0.1) is 0 Å². The van der Waals surface area contributed by atoms with Crippen molar-refractivity contribution in [3.63, 3.8) is 0 Å². The largest absolute Gasteiger partial charge is 0.480 e. The van der Waals surface area contributed by atoms with Gasteiger partial charge in [-0.3, -0.25) is 24.2 Å². The van der Waals surface area contributed by atoms with Gasteiger partial charge < -0.3 is 49.0 Å². The summed E-state index contributed by atoms with van der Waals surface area (Å²) in [5.41, 5.74) is 22.7. The number of carbonyl (C=O) groups is 4. The number of amides is 3. The van der Waals surface area contributed by atoms with Gasteiger partial charge in [0.2, 0.25) is 17.7 Å². The molecule has 35 heavy (non-hydrogen) atoms. The average molecular weight is 497 g/mol. The Morgan fingerprint density at radius 3 is 2.29 bits per heavy atom.